The minimum absolute atomic E-state index is 0.412. The Morgan fingerprint density at radius 2 is 1.83 bits per heavy atom. The maximum atomic E-state index is 11.8. The van der Waals surface area contributed by atoms with E-state index < -0.39 is 23.5 Å². The summed E-state index contributed by atoms with van der Waals surface area (Å²) in [5, 5.41) is 21.4. The first-order valence-corrected chi connectivity index (χ1v) is 5.84. The number of rotatable bonds is 4. The second-order valence-corrected chi connectivity index (χ2v) is 4.54. The highest BCUT2D eigenvalue weighted by Gasteiger charge is 2.46. The summed E-state index contributed by atoms with van der Waals surface area (Å²) in [4.78, 5) is 22.9. The van der Waals surface area contributed by atoms with Crippen molar-refractivity contribution in [2.24, 2.45) is 0 Å². The van der Waals surface area contributed by atoms with Gasteiger partial charge in [-0.15, -0.1) is 0 Å². The van der Waals surface area contributed by atoms with E-state index in [1.54, 1.807) is 30.3 Å². The Kier molecular flexibility index (Phi) is 3.34. The molecule has 1 aliphatic rings. The maximum Gasteiger partial charge on any atom is 0.329 e. The Morgan fingerprint density at radius 1 is 1.22 bits per heavy atom. The number of aliphatic hydroxyl groups is 1. The summed E-state index contributed by atoms with van der Waals surface area (Å²) >= 11 is 0. The van der Waals surface area contributed by atoms with Gasteiger partial charge in [0.1, 0.15) is 5.54 Å². The largest absolute Gasteiger partial charge is 0.480 e. The molecule has 1 atom stereocenters. The third kappa shape index (κ3) is 2.22. The van der Waals surface area contributed by atoms with Gasteiger partial charge < -0.3 is 15.5 Å². The Balaban J connectivity index is 2.06. The molecule has 0 aliphatic heterocycles. The molecule has 1 aromatic carbocycles. The molecule has 3 N–H and O–H groups in total. The van der Waals surface area contributed by atoms with Gasteiger partial charge in [0.25, 0.3) is 5.91 Å². The number of aliphatic hydroxyl groups excluding tert-OH is 1. The van der Waals surface area contributed by atoms with Gasteiger partial charge in [0.2, 0.25) is 0 Å². The number of aliphatic carboxylic acids is 1. The Labute approximate surface area is 104 Å². The van der Waals surface area contributed by atoms with Crippen LogP contribution in [0.15, 0.2) is 30.3 Å². The molecule has 1 unspecified atom stereocenters. The number of benzene rings is 1. The zero-order chi connectivity index (χ0) is 13.2. The predicted octanol–water partition coefficient (Wildman–Crippen LogP) is 0.843. The summed E-state index contributed by atoms with van der Waals surface area (Å²) in [6.07, 6.45) is 0.266. The molecular weight excluding hydrogens is 234 g/mol. The lowest BCUT2D eigenvalue weighted by Crippen LogP contribution is -2.59. The Morgan fingerprint density at radius 3 is 2.28 bits per heavy atom. The fourth-order valence-electron chi connectivity index (χ4n) is 2.01. The fourth-order valence-corrected chi connectivity index (χ4v) is 2.01. The van der Waals surface area contributed by atoms with E-state index in [-0.39, 0.29) is 0 Å². The zero-order valence-corrected chi connectivity index (χ0v) is 9.80. The van der Waals surface area contributed by atoms with Gasteiger partial charge >= 0.3 is 5.97 Å². The summed E-state index contributed by atoms with van der Waals surface area (Å²) < 4.78 is 0. The first-order valence-electron chi connectivity index (χ1n) is 5.84. The number of hydrogen-bond donors (Lipinski definition) is 3. The molecule has 0 heterocycles. The first-order chi connectivity index (χ1) is 8.55. The smallest absolute Gasteiger partial charge is 0.329 e. The van der Waals surface area contributed by atoms with Gasteiger partial charge in [0.15, 0.2) is 6.10 Å². The molecule has 0 aromatic heterocycles. The lowest BCUT2D eigenvalue weighted by molar-refractivity contribution is -0.153. The van der Waals surface area contributed by atoms with Crippen LogP contribution < -0.4 is 5.32 Å². The highest BCUT2D eigenvalue weighted by atomic mass is 16.4. The molecule has 1 fully saturated rings. The van der Waals surface area contributed by atoms with Crippen molar-refractivity contribution in [3.05, 3.63) is 35.9 Å². The molecule has 5 heteroatoms. The van der Waals surface area contributed by atoms with Crippen LogP contribution in [0.5, 0.6) is 0 Å². The maximum absolute atomic E-state index is 11.8. The summed E-state index contributed by atoms with van der Waals surface area (Å²) in [6, 6.07) is 8.44. The second-order valence-electron chi connectivity index (χ2n) is 4.54. The van der Waals surface area contributed by atoms with E-state index in [1.165, 1.54) is 0 Å². The minimum Gasteiger partial charge on any atom is -0.480 e. The van der Waals surface area contributed by atoms with Gasteiger partial charge in [-0.2, -0.15) is 0 Å². The van der Waals surface area contributed by atoms with Crippen LogP contribution >= 0.6 is 0 Å². The van der Waals surface area contributed by atoms with Crippen LogP contribution in [0.1, 0.15) is 30.9 Å². The molecule has 0 bridgehead atoms. The van der Waals surface area contributed by atoms with E-state index in [1.807, 2.05) is 0 Å². The highest BCUT2D eigenvalue weighted by Crippen LogP contribution is 2.32. The third-order valence-electron chi connectivity index (χ3n) is 3.34. The van der Waals surface area contributed by atoms with Gasteiger partial charge in [-0.05, 0) is 24.8 Å². The summed E-state index contributed by atoms with van der Waals surface area (Å²) in [5.74, 6) is -1.70. The van der Waals surface area contributed by atoms with E-state index in [2.05, 4.69) is 5.32 Å². The fraction of sp³-hybridized carbons (Fsp3) is 0.385. The average Bonchev–Trinajstić information content (AvgIpc) is 2.33. The second kappa shape index (κ2) is 4.78. The van der Waals surface area contributed by atoms with E-state index in [4.69, 9.17) is 5.11 Å². The van der Waals surface area contributed by atoms with Crippen LogP contribution in [0.4, 0.5) is 0 Å². The van der Waals surface area contributed by atoms with Gasteiger partial charge in [-0.3, -0.25) is 4.79 Å². The van der Waals surface area contributed by atoms with Crippen molar-refractivity contribution < 1.29 is 19.8 Å². The molecule has 5 nitrogen and oxygen atoms in total. The summed E-state index contributed by atoms with van der Waals surface area (Å²) in [7, 11) is 0. The number of carboxylic acid groups (broad SMARTS) is 1. The summed E-state index contributed by atoms with van der Waals surface area (Å²) in [5.41, 5.74) is -0.734. The normalized spacial score (nSPS) is 18.5. The Hall–Kier alpha value is -1.88. The van der Waals surface area contributed by atoms with Crippen molar-refractivity contribution in [3.8, 4) is 0 Å². The van der Waals surface area contributed by atoms with Crippen molar-refractivity contribution in [2.45, 2.75) is 30.9 Å². The molecule has 1 aliphatic carbocycles. The molecule has 0 saturated heterocycles. The molecular formula is C13H15NO4. The number of carboxylic acids is 1. The van der Waals surface area contributed by atoms with Gasteiger partial charge in [-0.1, -0.05) is 30.3 Å². The number of carbonyl (C=O) groups is 2. The number of carbonyl (C=O) groups excluding carboxylic acids is 1. The molecule has 0 radical (unpaired) electrons. The van der Waals surface area contributed by atoms with Crippen molar-refractivity contribution in [1.29, 1.82) is 0 Å². The van der Waals surface area contributed by atoms with Crippen LogP contribution in [0.3, 0.4) is 0 Å². The standard InChI is InChI=1S/C13H15NO4/c15-10(9-5-2-1-3-6-9)11(16)14-13(12(17)18)7-4-8-13/h1-3,5-6,10,15H,4,7-8H2,(H,14,16)(H,17,18). The van der Waals surface area contributed by atoms with Crippen LogP contribution in [0, 0.1) is 0 Å². The summed E-state index contributed by atoms with van der Waals surface area (Å²) in [6.45, 7) is 0. The van der Waals surface area contributed by atoms with E-state index >= 15 is 0 Å². The SMILES string of the molecule is O=C(NC1(C(=O)O)CCC1)C(O)c1ccccc1. The van der Waals surface area contributed by atoms with E-state index in [9.17, 15) is 14.7 Å². The highest BCUT2D eigenvalue weighted by molar-refractivity contribution is 5.90. The van der Waals surface area contributed by atoms with Crippen LogP contribution in [-0.2, 0) is 9.59 Å². The van der Waals surface area contributed by atoms with E-state index in [0.29, 0.717) is 18.4 Å². The van der Waals surface area contributed by atoms with Gasteiger partial charge in [-0.25, -0.2) is 4.79 Å². The number of amides is 1. The van der Waals surface area contributed by atoms with Crippen molar-refractivity contribution in [1.82, 2.24) is 5.32 Å². The first kappa shape index (κ1) is 12.6. The molecule has 1 aromatic rings. The van der Waals surface area contributed by atoms with Crippen LogP contribution in [0.2, 0.25) is 0 Å². The van der Waals surface area contributed by atoms with Gasteiger partial charge in [0.05, 0.1) is 0 Å². The topological polar surface area (TPSA) is 86.6 Å². The van der Waals surface area contributed by atoms with Crippen molar-refractivity contribution in [2.75, 3.05) is 0 Å². The van der Waals surface area contributed by atoms with Crippen molar-refractivity contribution in [3.63, 3.8) is 0 Å². The average molecular weight is 249 g/mol. The molecule has 0 spiro atoms. The van der Waals surface area contributed by atoms with Gasteiger partial charge in [0, 0.05) is 0 Å². The molecule has 96 valence electrons. The molecule has 1 amide bonds. The molecule has 2 rings (SSSR count). The number of nitrogens with one attached hydrogen (secondary N) is 1. The van der Waals surface area contributed by atoms with Crippen LogP contribution in [0.25, 0.3) is 0 Å². The monoisotopic (exact) mass is 249 g/mol. The molecule has 18 heavy (non-hydrogen) atoms. The lowest BCUT2D eigenvalue weighted by Gasteiger charge is -2.38. The lowest BCUT2D eigenvalue weighted by atomic mass is 9.76. The zero-order valence-electron chi connectivity index (χ0n) is 9.80. The minimum atomic E-state index is -1.33. The molecule has 1 saturated carbocycles. The Bertz CT molecular complexity index is 453. The number of hydrogen-bond acceptors (Lipinski definition) is 3. The van der Waals surface area contributed by atoms with Crippen LogP contribution in [-0.4, -0.2) is 27.6 Å². The third-order valence-corrected chi connectivity index (χ3v) is 3.34. The predicted molar refractivity (Wildman–Crippen MR) is 63.8 cm³/mol. The van der Waals surface area contributed by atoms with Crippen molar-refractivity contribution >= 4 is 11.9 Å². The quantitative estimate of drug-likeness (QED) is 0.738. The van der Waals surface area contributed by atoms with E-state index in [0.717, 1.165) is 6.42 Å².